The van der Waals surface area contributed by atoms with Crippen LogP contribution in [0, 0.1) is 5.92 Å². The quantitative estimate of drug-likeness (QED) is 0.626. The standard InChI is InChI=1S/C20H29N3O5/c24-13-18-17(23-20(26)15-5-9-27-10-6-15)2-1-16(28-18)11-19(25)22-12-14-3-7-21-8-4-14/h3-4,7-8,15-18,24H,1-2,5-6,9-13H2,(H,22,25)(H,23,26)/t16-,17+,18+/m0/s1. The SMILES string of the molecule is O=C(C[C@@H]1CC[C@@H](NC(=O)C2CCOCC2)[C@@H](CO)O1)NCc1ccncc1. The number of aliphatic hydroxyl groups is 1. The molecule has 8 heteroatoms. The summed E-state index contributed by atoms with van der Waals surface area (Å²) in [6.07, 6.45) is 5.66. The fourth-order valence-corrected chi connectivity index (χ4v) is 3.69. The van der Waals surface area contributed by atoms with Crippen molar-refractivity contribution in [2.75, 3.05) is 19.8 Å². The first-order valence-electron chi connectivity index (χ1n) is 9.95. The van der Waals surface area contributed by atoms with Crippen molar-refractivity contribution >= 4 is 11.8 Å². The summed E-state index contributed by atoms with van der Waals surface area (Å²) in [6.45, 7) is 1.48. The molecule has 1 aromatic heterocycles. The lowest BCUT2D eigenvalue weighted by Gasteiger charge is -2.37. The Morgan fingerprint density at radius 1 is 1.14 bits per heavy atom. The average molecular weight is 391 g/mol. The number of hydrogen-bond donors (Lipinski definition) is 3. The van der Waals surface area contributed by atoms with Gasteiger partial charge in [0.15, 0.2) is 0 Å². The molecule has 3 N–H and O–H groups in total. The Morgan fingerprint density at radius 3 is 2.61 bits per heavy atom. The number of hydrogen-bond acceptors (Lipinski definition) is 6. The van der Waals surface area contributed by atoms with E-state index in [1.807, 2.05) is 12.1 Å². The topological polar surface area (TPSA) is 110 Å². The van der Waals surface area contributed by atoms with Crippen LogP contribution in [0.4, 0.5) is 0 Å². The van der Waals surface area contributed by atoms with E-state index < -0.39 is 6.10 Å². The van der Waals surface area contributed by atoms with Crippen LogP contribution in [0.5, 0.6) is 0 Å². The highest BCUT2D eigenvalue weighted by Gasteiger charge is 2.34. The smallest absolute Gasteiger partial charge is 0.223 e. The van der Waals surface area contributed by atoms with Crippen LogP contribution in [-0.4, -0.2) is 60.0 Å². The summed E-state index contributed by atoms with van der Waals surface area (Å²) in [5.41, 5.74) is 0.983. The molecule has 0 saturated carbocycles. The van der Waals surface area contributed by atoms with Crippen LogP contribution in [-0.2, 0) is 25.6 Å². The highest BCUT2D eigenvalue weighted by molar-refractivity contribution is 5.79. The predicted molar refractivity (Wildman–Crippen MR) is 101 cm³/mol. The number of carbonyl (C=O) groups excluding carboxylic acids is 2. The molecule has 8 nitrogen and oxygen atoms in total. The molecule has 2 aliphatic heterocycles. The molecule has 0 radical (unpaired) electrons. The first kappa shape index (κ1) is 20.7. The van der Waals surface area contributed by atoms with Crippen molar-refractivity contribution in [3.05, 3.63) is 30.1 Å². The molecule has 2 saturated heterocycles. The van der Waals surface area contributed by atoms with Gasteiger partial charge in [-0.2, -0.15) is 0 Å². The average Bonchev–Trinajstić information content (AvgIpc) is 2.74. The fourth-order valence-electron chi connectivity index (χ4n) is 3.69. The van der Waals surface area contributed by atoms with E-state index >= 15 is 0 Å². The molecule has 0 aliphatic carbocycles. The molecule has 154 valence electrons. The van der Waals surface area contributed by atoms with Crippen LogP contribution >= 0.6 is 0 Å². The van der Waals surface area contributed by atoms with Crippen molar-refractivity contribution in [2.24, 2.45) is 5.92 Å². The van der Waals surface area contributed by atoms with Gasteiger partial charge >= 0.3 is 0 Å². The van der Waals surface area contributed by atoms with Gasteiger partial charge < -0.3 is 25.2 Å². The second kappa shape index (κ2) is 10.5. The summed E-state index contributed by atoms with van der Waals surface area (Å²) < 4.78 is 11.2. The van der Waals surface area contributed by atoms with Gasteiger partial charge in [-0.25, -0.2) is 0 Å². The second-order valence-corrected chi connectivity index (χ2v) is 7.39. The van der Waals surface area contributed by atoms with E-state index in [2.05, 4.69) is 15.6 Å². The molecule has 2 aliphatic rings. The summed E-state index contributed by atoms with van der Waals surface area (Å²) in [5.74, 6) is -0.128. The largest absolute Gasteiger partial charge is 0.394 e. The number of nitrogens with zero attached hydrogens (tertiary/aromatic N) is 1. The third kappa shape index (κ3) is 5.98. The van der Waals surface area contributed by atoms with Crippen molar-refractivity contribution in [1.29, 1.82) is 0 Å². The Kier molecular flexibility index (Phi) is 7.76. The van der Waals surface area contributed by atoms with Crippen LogP contribution in [0.3, 0.4) is 0 Å². The molecule has 3 heterocycles. The third-order valence-corrected chi connectivity index (χ3v) is 5.37. The molecule has 3 atom stereocenters. The number of ether oxygens (including phenoxy) is 2. The molecule has 0 bridgehead atoms. The van der Waals surface area contributed by atoms with Crippen LogP contribution < -0.4 is 10.6 Å². The lowest BCUT2D eigenvalue weighted by atomic mass is 9.94. The van der Waals surface area contributed by atoms with Gasteiger partial charge in [0, 0.05) is 38.1 Å². The molecular formula is C20H29N3O5. The van der Waals surface area contributed by atoms with Crippen molar-refractivity contribution in [2.45, 2.75) is 56.9 Å². The zero-order valence-corrected chi connectivity index (χ0v) is 16.0. The Labute approximate surface area is 165 Å². The number of amides is 2. The molecule has 2 amide bonds. The second-order valence-electron chi connectivity index (χ2n) is 7.39. The molecule has 28 heavy (non-hydrogen) atoms. The Balaban J connectivity index is 1.43. The normalized spacial score (nSPS) is 25.8. The van der Waals surface area contributed by atoms with Gasteiger partial charge in [-0.1, -0.05) is 0 Å². The van der Waals surface area contributed by atoms with Gasteiger partial charge in [0.1, 0.15) is 6.10 Å². The van der Waals surface area contributed by atoms with E-state index in [0.717, 1.165) is 18.4 Å². The van der Waals surface area contributed by atoms with E-state index in [9.17, 15) is 14.7 Å². The molecule has 2 fully saturated rings. The molecule has 3 rings (SSSR count). The minimum absolute atomic E-state index is 0.00361. The van der Waals surface area contributed by atoms with Crippen molar-refractivity contribution in [1.82, 2.24) is 15.6 Å². The van der Waals surface area contributed by atoms with Crippen LogP contribution in [0.1, 0.15) is 37.7 Å². The fraction of sp³-hybridized carbons (Fsp3) is 0.650. The monoisotopic (exact) mass is 391 g/mol. The number of nitrogens with one attached hydrogen (secondary N) is 2. The maximum atomic E-state index is 12.4. The third-order valence-electron chi connectivity index (χ3n) is 5.37. The summed E-state index contributed by atoms with van der Waals surface area (Å²) in [7, 11) is 0. The van der Waals surface area contributed by atoms with Gasteiger partial charge in [-0.05, 0) is 43.4 Å². The highest BCUT2D eigenvalue weighted by Crippen LogP contribution is 2.23. The van der Waals surface area contributed by atoms with Crippen molar-refractivity contribution < 1.29 is 24.2 Å². The zero-order chi connectivity index (χ0) is 19.8. The number of pyridine rings is 1. The van der Waals surface area contributed by atoms with Gasteiger partial charge in [-0.15, -0.1) is 0 Å². The molecule has 1 aromatic rings. The Bertz CT molecular complexity index is 636. The van der Waals surface area contributed by atoms with Crippen molar-refractivity contribution in [3.63, 3.8) is 0 Å². The minimum Gasteiger partial charge on any atom is -0.394 e. The molecule has 0 unspecified atom stereocenters. The van der Waals surface area contributed by atoms with Crippen LogP contribution in [0.2, 0.25) is 0 Å². The number of aromatic nitrogens is 1. The van der Waals surface area contributed by atoms with Gasteiger partial charge in [0.2, 0.25) is 11.8 Å². The number of aliphatic hydroxyl groups excluding tert-OH is 1. The van der Waals surface area contributed by atoms with E-state index in [1.165, 1.54) is 0 Å². The molecular weight excluding hydrogens is 362 g/mol. The Morgan fingerprint density at radius 2 is 1.89 bits per heavy atom. The van der Waals surface area contributed by atoms with E-state index in [0.29, 0.717) is 32.6 Å². The highest BCUT2D eigenvalue weighted by atomic mass is 16.5. The lowest BCUT2D eigenvalue weighted by molar-refractivity contribution is -0.139. The van der Waals surface area contributed by atoms with Crippen molar-refractivity contribution in [3.8, 4) is 0 Å². The minimum atomic E-state index is -0.490. The summed E-state index contributed by atoms with van der Waals surface area (Å²) in [4.78, 5) is 28.6. The maximum absolute atomic E-state index is 12.4. The lowest BCUT2D eigenvalue weighted by Crippen LogP contribution is -2.53. The van der Waals surface area contributed by atoms with Gasteiger partial charge in [0.25, 0.3) is 0 Å². The number of rotatable bonds is 7. The van der Waals surface area contributed by atoms with Gasteiger partial charge in [0.05, 0.1) is 25.2 Å². The molecule has 0 spiro atoms. The van der Waals surface area contributed by atoms with E-state index in [1.54, 1.807) is 12.4 Å². The first-order valence-corrected chi connectivity index (χ1v) is 9.95. The molecule has 0 aromatic carbocycles. The summed E-state index contributed by atoms with van der Waals surface area (Å²) in [5, 5.41) is 15.6. The zero-order valence-electron chi connectivity index (χ0n) is 16.0. The predicted octanol–water partition coefficient (Wildman–Crippen LogP) is 0.539. The first-order chi connectivity index (χ1) is 13.7. The van der Waals surface area contributed by atoms with E-state index in [-0.39, 0.29) is 42.9 Å². The van der Waals surface area contributed by atoms with Crippen LogP contribution in [0.15, 0.2) is 24.5 Å². The Hall–Kier alpha value is -2.03. The maximum Gasteiger partial charge on any atom is 0.223 e. The summed E-state index contributed by atoms with van der Waals surface area (Å²) in [6, 6.07) is 3.48. The van der Waals surface area contributed by atoms with Gasteiger partial charge in [-0.3, -0.25) is 14.6 Å². The summed E-state index contributed by atoms with van der Waals surface area (Å²) >= 11 is 0. The van der Waals surface area contributed by atoms with Crippen LogP contribution in [0.25, 0.3) is 0 Å². The van der Waals surface area contributed by atoms with E-state index in [4.69, 9.17) is 9.47 Å². The number of carbonyl (C=O) groups is 2.